The van der Waals surface area contributed by atoms with Crippen molar-refractivity contribution in [2.75, 3.05) is 13.2 Å². The van der Waals surface area contributed by atoms with E-state index >= 15 is 0 Å². The van der Waals surface area contributed by atoms with Crippen LogP contribution >= 0.6 is 0 Å². The minimum absolute atomic E-state index is 0.00242. The molecule has 0 rings (SSSR count). The molecule has 2 atom stereocenters. The van der Waals surface area contributed by atoms with Crippen LogP contribution in [-0.4, -0.2) is 47.4 Å². The van der Waals surface area contributed by atoms with E-state index in [0.717, 1.165) is 51.4 Å². The number of hydrogen-bond donors (Lipinski definition) is 3. The third kappa shape index (κ3) is 61.3. The molecule has 76 heavy (non-hydrogen) atoms. The molecule has 0 saturated heterocycles. The molecular formula is C70H133NO5. The number of ether oxygens (including phenoxy) is 1. The zero-order valence-corrected chi connectivity index (χ0v) is 51.3. The van der Waals surface area contributed by atoms with Gasteiger partial charge in [0, 0.05) is 12.8 Å². The van der Waals surface area contributed by atoms with E-state index < -0.39 is 12.1 Å². The largest absolute Gasteiger partial charge is 0.466 e. The molecule has 0 aliphatic carbocycles. The Bertz CT molecular complexity index is 1230. The number of carbonyl (C=O) groups is 2. The minimum atomic E-state index is -0.667. The summed E-state index contributed by atoms with van der Waals surface area (Å²) in [5.74, 6) is -0.0328. The summed E-state index contributed by atoms with van der Waals surface area (Å²) in [5, 5.41) is 23.4. The molecule has 6 heteroatoms. The highest BCUT2D eigenvalue weighted by Gasteiger charge is 2.20. The molecule has 0 aromatic carbocycles. The number of hydrogen-bond acceptors (Lipinski definition) is 5. The molecule has 448 valence electrons. The second-order valence-electron chi connectivity index (χ2n) is 23.5. The zero-order chi connectivity index (χ0) is 55.0. The van der Waals surface area contributed by atoms with Crippen molar-refractivity contribution in [2.24, 2.45) is 0 Å². The maximum Gasteiger partial charge on any atom is 0.305 e. The third-order valence-corrected chi connectivity index (χ3v) is 15.9. The van der Waals surface area contributed by atoms with E-state index in [1.165, 1.54) is 289 Å². The fraction of sp³-hybridized carbons (Fsp3) is 0.886. The van der Waals surface area contributed by atoms with Gasteiger partial charge in [-0.3, -0.25) is 9.59 Å². The van der Waals surface area contributed by atoms with Crippen molar-refractivity contribution >= 4 is 11.9 Å². The molecule has 0 aromatic heterocycles. The lowest BCUT2D eigenvalue weighted by Crippen LogP contribution is -2.45. The SMILES string of the molecule is CCCCCCC/C=C\CCCCCCCC(=O)OCCCCCCCCCCC/C=C\C/C=C\CCCCCCCCCCCCCC(=O)NC(CO)C(O)CCCCCCCCCCCCCCCCCCCC. The number of amides is 1. The highest BCUT2D eigenvalue weighted by atomic mass is 16.5. The van der Waals surface area contributed by atoms with Gasteiger partial charge in [0.15, 0.2) is 0 Å². The molecule has 0 aliphatic rings. The van der Waals surface area contributed by atoms with Gasteiger partial charge < -0.3 is 20.3 Å². The van der Waals surface area contributed by atoms with Crippen molar-refractivity contribution in [3.8, 4) is 0 Å². The van der Waals surface area contributed by atoms with Gasteiger partial charge in [-0.2, -0.15) is 0 Å². The Hall–Kier alpha value is -1.92. The second-order valence-corrected chi connectivity index (χ2v) is 23.5. The molecule has 0 fully saturated rings. The van der Waals surface area contributed by atoms with E-state index in [1.54, 1.807) is 0 Å². The van der Waals surface area contributed by atoms with Crippen LogP contribution in [0.3, 0.4) is 0 Å². The monoisotopic (exact) mass is 1070 g/mol. The Morgan fingerprint density at radius 3 is 1.01 bits per heavy atom. The van der Waals surface area contributed by atoms with Crippen LogP contribution in [-0.2, 0) is 14.3 Å². The number of aliphatic hydroxyl groups is 2. The van der Waals surface area contributed by atoms with Gasteiger partial charge in [0.2, 0.25) is 5.91 Å². The summed E-state index contributed by atoms with van der Waals surface area (Å²) in [4.78, 5) is 24.6. The normalized spacial score (nSPS) is 12.7. The Morgan fingerprint density at radius 1 is 0.368 bits per heavy atom. The van der Waals surface area contributed by atoms with E-state index in [4.69, 9.17) is 4.74 Å². The molecule has 0 saturated carbocycles. The lowest BCUT2D eigenvalue weighted by Gasteiger charge is -2.22. The molecule has 2 unspecified atom stereocenters. The van der Waals surface area contributed by atoms with Gasteiger partial charge in [0.1, 0.15) is 0 Å². The van der Waals surface area contributed by atoms with Gasteiger partial charge in [-0.1, -0.05) is 314 Å². The summed E-state index contributed by atoms with van der Waals surface area (Å²) in [6, 6.07) is -0.545. The predicted octanol–water partition coefficient (Wildman–Crippen LogP) is 21.9. The number of nitrogens with one attached hydrogen (secondary N) is 1. The number of rotatable bonds is 64. The van der Waals surface area contributed by atoms with Crippen LogP contribution in [0, 0.1) is 0 Å². The molecule has 0 radical (unpaired) electrons. The fourth-order valence-electron chi connectivity index (χ4n) is 10.7. The van der Waals surface area contributed by atoms with E-state index in [0.29, 0.717) is 25.9 Å². The smallest absolute Gasteiger partial charge is 0.305 e. The summed E-state index contributed by atoms with van der Waals surface area (Å²) < 4.78 is 5.48. The Morgan fingerprint density at radius 2 is 0.658 bits per heavy atom. The summed E-state index contributed by atoms with van der Waals surface area (Å²) >= 11 is 0. The van der Waals surface area contributed by atoms with E-state index in [1.807, 2.05) is 0 Å². The summed E-state index contributed by atoms with van der Waals surface area (Å²) in [7, 11) is 0. The number of allylic oxidation sites excluding steroid dienone is 6. The van der Waals surface area contributed by atoms with E-state index in [9.17, 15) is 19.8 Å². The van der Waals surface area contributed by atoms with Crippen LogP contribution in [0.5, 0.6) is 0 Å². The first kappa shape index (κ1) is 74.1. The number of unbranched alkanes of at least 4 members (excludes halogenated alkanes) is 47. The molecule has 0 aliphatic heterocycles. The van der Waals surface area contributed by atoms with Crippen molar-refractivity contribution in [3.05, 3.63) is 36.5 Å². The van der Waals surface area contributed by atoms with Crippen molar-refractivity contribution in [3.63, 3.8) is 0 Å². The zero-order valence-electron chi connectivity index (χ0n) is 51.3. The minimum Gasteiger partial charge on any atom is -0.466 e. The molecule has 0 aromatic rings. The molecule has 6 nitrogen and oxygen atoms in total. The summed E-state index contributed by atoms with van der Waals surface area (Å²) in [5.41, 5.74) is 0. The molecule has 0 bridgehead atoms. The molecule has 1 amide bonds. The number of carbonyl (C=O) groups excluding carboxylic acids is 2. The standard InChI is InChI=1S/C70H133NO5/c1-3-5-7-9-11-13-15-17-19-20-32-35-38-42-46-50-54-58-62-68(73)67(66-72)71-69(74)63-59-55-51-47-43-39-36-33-30-28-26-24-22-21-23-25-27-29-31-34-37-41-45-49-53-57-61-65-76-70(75)64-60-56-52-48-44-40-18-16-14-12-10-8-6-4-2/h16,18,21-22,25,27,67-68,72-73H,3-15,17,19-20,23-24,26,28-66H2,1-2H3,(H,71,74)/b18-16-,22-21-,27-25-. The van der Waals surface area contributed by atoms with Gasteiger partial charge >= 0.3 is 5.97 Å². The predicted molar refractivity (Wildman–Crippen MR) is 333 cm³/mol. The molecule has 0 spiro atoms. The fourth-order valence-corrected chi connectivity index (χ4v) is 10.7. The number of aliphatic hydroxyl groups excluding tert-OH is 2. The topological polar surface area (TPSA) is 95.9 Å². The quantitative estimate of drug-likeness (QED) is 0.0320. The van der Waals surface area contributed by atoms with Crippen LogP contribution in [0.15, 0.2) is 36.5 Å². The van der Waals surface area contributed by atoms with Crippen LogP contribution in [0.25, 0.3) is 0 Å². The second kappa shape index (κ2) is 65.6. The summed E-state index contributed by atoms with van der Waals surface area (Å²) in [6.45, 7) is 4.96. The van der Waals surface area contributed by atoms with Gasteiger partial charge in [-0.15, -0.1) is 0 Å². The van der Waals surface area contributed by atoms with Gasteiger partial charge in [-0.05, 0) is 83.5 Å². The van der Waals surface area contributed by atoms with Crippen molar-refractivity contribution in [2.45, 2.75) is 386 Å². The highest BCUT2D eigenvalue weighted by molar-refractivity contribution is 5.76. The maximum atomic E-state index is 12.5. The van der Waals surface area contributed by atoms with E-state index in [-0.39, 0.29) is 18.5 Å². The lowest BCUT2D eigenvalue weighted by atomic mass is 10.0. The van der Waals surface area contributed by atoms with E-state index in [2.05, 4.69) is 55.6 Å². The third-order valence-electron chi connectivity index (χ3n) is 15.9. The van der Waals surface area contributed by atoms with Gasteiger partial charge in [0.25, 0.3) is 0 Å². The molecular weight excluding hydrogens is 935 g/mol. The molecule has 0 heterocycles. The first-order valence-corrected chi connectivity index (χ1v) is 34.2. The van der Waals surface area contributed by atoms with Crippen molar-refractivity contribution < 1.29 is 24.5 Å². The van der Waals surface area contributed by atoms with Gasteiger partial charge in [0.05, 0.1) is 25.4 Å². The average Bonchev–Trinajstić information content (AvgIpc) is 3.42. The first-order chi connectivity index (χ1) is 37.5. The Kier molecular flexibility index (Phi) is 63.9. The highest BCUT2D eigenvalue weighted by Crippen LogP contribution is 2.18. The Balaban J connectivity index is 3.42. The van der Waals surface area contributed by atoms with Crippen LogP contribution in [0.4, 0.5) is 0 Å². The summed E-state index contributed by atoms with van der Waals surface area (Å²) in [6.07, 6.45) is 83.2. The maximum absolute atomic E-state index is 12.5. The van der Waals surface area contributed by atoms with Crippen LogP contribution in [0.2, 0.25) is 0 Å². The van der Waals surface area contributed by atoms with Crippen LogP contribution in [0.1, 0.15) is 373 Å². The first-order valence-electron chi connectivity index (χ1n) is 34.2. The average molecular weight is 1070 g/mol. The lowest BCUT2D eigenvalue weighted by molar-refractivity contribution is -0.143. The Labute approximate surface area is 474 Å². The molecule has 3 N–H and O–H groups in total. The van der Waals surface area contributed by atoms with Gasteiger partial charge in [-0.25, -0.2) is 0 Å². The number of esters is 1. The van der Waals surface area contributed by atoms with Crippen LogP contribution < -0.4 is 5.32 Å². The van der Waals surface area contributed by atoms with Crippen molar-refractivity contribution in [1.82, 2.24) is 5.32 Å². The van der Waals surface area contributed by atoms with Crippen molar-refractivity contribution in [1.29, 1.82) is 0 Å².